The molecule has 0 atom stereocenters. The molecular weight excluding hydrogens is 482 g/mol. The molecule has 0 bridgehead atoms. The van der Waals surface area contributed by atoms with Gasteiger partial charge in [-0.2, -0.15) is 0 Å². The fourth-order valence-electron chi connectivity index (χ4n) is 3.26. The highest BCUT2D eigenvalue weighted by molar-refractivity contribution is 7.99. The molecule has 0 unspecified atom stereocenters. The molecule has 2 aromatic carbocycles. The van der Waals surface area contributed by atoms with Crippen molar-refractivity contribution in [2.75, 3.05) is 23.1 Å². The first-order valence-electron chi connectivity index (χ1n) is 10.7. The van der Waals surface area contributed by atoms with Gasteiger partial charge in [0.1, 0.15) is 11.6 Å². The average Bonchev–Trinajstić information content (AvgIpc) is 3.28. The molecule has 2 amide bonds. The van der Waals surface area contributed by atoms with E-state index in [1.54, 1.807) is 24.3 Å². The number of carbonyl (C=O) groups is 2. The van der Waals surface area contributed by atoms with E-state index in [-0.39, 0.29) is 11.3 Å². The summed E-state index contributed by atoms with van der Waals surface area (Å²) in [6.07, 6.45) is 0. The number of nitrogens with one attached hydrogen (secondary N) is 4. The van der Waals surface area contributed by atoms with Crippen molar-refractivity contribution < 1.29 is 19.4 Å². The van der Waals surface area contributed by atoms with E-state index in [0.29, 0.717) is 28.4 Å². The molecule has 0 aliphatic rings. The van der Waals surface area contributed by atoms with Gasteiger partial charge in [-0.15, -0.1) is 5.10 Å². The SMILES string of the molecule is COc1cc(Nc2cc(C)nc(Sc3ccc(NC(=O)Nc4ccccc4C(=O)O)cc3C)n2)[nH]n1. The van der Waals surface area contributed by atoms with Crippen LogP contribution in [0.3, 0.4) is 0 Å². The van der Waals surface area contributed by atoms with Crippen LogP contribution in [-0.2, 0) is 0 Å². The number of para-hydroxylation sites is 1. The summed E-state index contributed by atoms with van der Waals surface area (Å²) < 4.78 is 5.08. The number of aryl methyl sites for hydroxylation is 2. The second-order valence-corrected chi connectivity index (χ2v) is 8.65. The number of carboxylic acid groups (broad SMARTS) is 1. The van der Waals surface area contributed by atoms with Crippen LogP contribution in [0, 0.1) is 13.8 Å². The monoisotopic (exact) mass is 505 g/mol. The van der Waals surface area contributed by atoms with Gasteiger partial charge in [-0.1, -0.05) is 12.1 Å². The molecule has 0 saturated heterocycles. The number of amides is 2. The molecule has 184 valence electrons. The number of aromatic amines is 1. The van der Waals surface area contributed by atoms with E-state index < -0.39 is 12.0 Å². The first-order chi connectivity index (χ1) is 17.3. The first-order valence-corrected chi connectivity index (χ1v) is 11.5. The summed E-state index contributed by atoms with van der Waals surface area (Å²) in [6.45, 7) is 3.79. The summed E-state index contributed by atoms with van der Waals surface area (Å²) in [7, 11) is 1.54. The Morgan fingerprint density at radius 1 is 1.03 bits per heavy atom. The number of hydrogen-bond donors (Lipinski definition) is 5. The number of aromatic carboxylic acids is 1. The van der Waals surface area contributed by atoms with Crippen LogP contribution in [0.1, 0.15) is 21.6 Å². The van der Waals surface area contributed by atoms with Crippen molar-refractivity contribution in [1.82, 2.24) is 20.2 Å². The predicted molar refractivity (Wildman–Crippen MR) is 137 cm³/mol. The quantitative estimate of drug-likeness (QED) is 0.207. The van der Waals surface area contributed by atoms with E-state index in [0.717, 1.165) is 16.2 Å². The Morgan fingerprint density at radius 3 is 2.56 bits per heavy atom. The number of rotatable bonds is 8. The summed E-state index contributed by atoms with van der Waals surface area (Å²) in [5.74, 6) is 0.577. The van der Waals surface area contributed by atoms with E-state index in [1.807, 2.05) is 32.0 Å². The maximum absolute atomic E-state index is 12.4. The van der Waals surface area contributed by atoms with Crippen LogP contribution in [0.5, 0.6) is 5.88 Å². The van der Waals surface area contributed by atoms with E-state index >= 15 is 0 Å². The zero-order valence-corrected chi connectivity index (χ0v) is 20.4. The van der Waals surface area contributed by atoms with Gasteiger partial charge in [-0.3, -0.25) is 5.10 Å². The fourth-order valence-corrected chi connectivity index (χ4v) is 4.15. The van der Waals surface area contributed by atoms with Gasteiger partial charge in [-0.05, 0) is 61.5 Å². The molecule has 0 radical (unpaired) electrons. The van der Waals surface area contributed by atoms with Crippen LogP contribution in [0.25, 0.3) is 0 Å². The van der Waals surface area contributed by atoms with Crippen molar-refractivity contribution in [2.24, 2.45) is 0 Å². The number of anilines is 4. The number of H-pyrrole nitrogens is 1. The molecule has 2 aromatic heterocycles. The van der Waals surface area contributed by atoms with Gasteiger partial charge >= 0.3 is 12.0 Å². The molecule has 36 heavy (non-hydrogen) atoms. The molecule has 0 fully saturated rings. The highest BCUT2D eigenvalue weighted by atomic mass is 32.2. The molecule has 0 aliphatic heterocycles. The van der Waals surface area contributed by atoms with E-state index in [2.05, 4.69) is 36.1 Å². The van der Waals surface area contributed by atoms with Crippen LogP contribution in [-0.4, -0.2) is 44.4 Å². The Kier molecular flexibility index (Phi) is 7.35. The number of aromatic nitrogens is 4. The minimum absolute atomic E-state index is 0.00857. The van der Waals surface area contributed by atoms with Crippen molar-refractivity contribution >= 4 is 46.8 Å². The number of hydrogen-bond acceptors (Lipinski definition) is 8. The molecule has 0 aliphatic carbocycles. The third kappa shape index (κ3) is 6.10. The van der Waals surface area contributed by atoms with Crippen molar-refractivity contribution in [3.05, 3.63) is 71.4 Å². The lowest BCUT2D eigenvalue weighted by molar-refractivity contribution is 0.0698. The van der Waals surface area contributed by atoms with Crippen LogP contribution >= 0.6 is 11.8 Å². The molecule has 2 heterocycles. The average molecular weight is 506 g/mol. The summed E-state index contributed by atoms with van der Waals surface area (Å²) in [6, 6.07) is 14.6. The third-order valence-corrected chi connectivity index (χ3v) is 5.94. The van der Waals surface area contributed by atoms with Gasteiger partial charge in [0, 0.05) is 28.4 Å². The number of methoxy groups -OCH3 is 1. The van der Waals surface area contributed by atoms with Crippen LogP contribution in [0.2, 0.25) is 0 Å². The van der Waals surface area contributed by atoms with Gasteiger partial charge in [0.25, 0.3) is 0 Å². The molecule has 11 nitrogen and oxygen atoms in total. The van der Waals surface area contributed by atoms with Crippen molar-refractivity contribution in [2.45, 2.75) is 23.9 Å². The van der Waals surface area contributed by atoms with E-state index in [1.165, 1.54) is 31.0 Å². The van der Waals surface area contributed by atoms with E-state index in [4.69, 9.17) is 4.74 Å². The van der Waals surface area contributed by atoms with Crippen LogP contribution < -0.4 is 20.7 Å². The normalized spacial score (nSPS) is 10.5. The van der Waals surface area contributed by atoms with Crippen molar-refractivity contribution in [1.29, 1.82) is 0 Å². The first kappa shape index (κ1) is 24.5. The highest BCUT2D eigenvalue weighted by Gasteiger charge is 2.13. The Hall–Kier alpha value is -4.58. The smallest absolute Gasteiger partial charge is 0.337 e. The standard InChI is InChI=1S/C24H23N7O4S/c1-13-10-15(26-23(34)27-17-7-5-4-6-16(17)22(32)33)8-9-18(13)36-24-25-14(2)11-19(29-24)28-20-12-21(35-3)31-30-20/h4-12H,1-3H3,(H,32,33)(H2,26,27,34)(H2,25,28,29,30,31). The minimum Gasteiger partial charge on any atom is -0.480 e. The maximum Gasteiger partial charge on any atom is 0.337 e. The number of nitrogens with zero attached hydrogens (tertiary/aromatic N) is 3. The Balaban J connectivity index is 1.43. The predicted octanol–water partition coefficient (Wildman–Crippen LogP) is 5.06. The van der Waals surface area contributed by atoms with Gasteiger partial charge in [0.2, 0.25) is 5.88 Å². The fraction of sp³-hybridized carbons (Fsp3) is 0.125. The number of carbonyl (C=O) groups excluding carboxylic acids is 1. The van der Waals surface area contributed by atoms with Gasteiger partial charge in [-0.25, -0.2) is 19.6 Å². The number of benzene rings is 2. The Labute approximate surface area is 210 Å². The molecule has 4 rings (SSSR count). The second-order valence-electron chi connectivity index (χ2n) is 7.64. The Morgan fingerprint density at radius 2 is 1.83 bits per heavy atom. The van der Waals surface area contributed by atoms with Gasteiger partial charge in [0.15, 0.2) is 5.16 Å². The lowest BCUT2D eigenvalue weighted by Gasteiger charge is -2.12. The minimum atomic E-state index is -1.12. The summed E-state index contributed by atoms with van der Waals surface area (Å²) in [5.41, 5.74) is 2.47. The summed E-state index contributed by atoms with van der Waals surface area (Å²) in [5, 5.41) is 25.1. The van der Waals surface area contributed by atoms with Gasteiger partial charge < -0.3 is 25.8 Å². The number of urea groups is 1. The zero-order chi connectivity index (χ0) is 25.7. The number of carboxylic acids is 1. The van der Waals surface area contributed by atoms with Crippen molar-refractivity contribution in [3.63, 3.8) is 0 Å². The molecule has 0 spiro atoms. The topological polar surface area (TPSA) is 154 Å². The maximum atomic E-state index is 12.4. The second kappa shape index (κ2) is 10.8. The third-order valence-electron chi connectivity index (χ3n) is 4.90. The Bertz CT molecular complexity index is 1420. The zero-order valence-electron chi connectivity index (χ0n) is 19.6. The van der Waals surface area contributed by atoms with Crippen LogP contribution in [0.4, 0.5) is 27.8 Å². The van der Waals surface area contributed by atoms with E-state index in [9.17, 15) is 14.7 Å². The lowest BCUT2D eigenvalue weighted by atomic mass is 10.2. The lowest BCUT2D eigenvalue weighted by Crippen LogP contribution is -2.21. The molecule has 0 saturated carbocycles. The highest BCUT2D eigenvalue weighted by Crippen LogP contribution is 2.31. The van der Waals surface area contributed by atoms with Gasteiger partial charge in [0.05, 0.1) is 18.4 Å². The molecule has 4 aromatic rings. The molecule has 5 N–H and O–H groups in total. The van der Waals surface area contributed by atoms with Crippen molar-refractivity contribution in [3.8, 4) is 5.88 Å². The largest absolute Gasteiger partial charge is 0.480 e. The summed E-state index contributed by atoms with van der Waals surface area (Å²) in [4.78, 5) is 33.8. The molecular formula is C24H23N7O4S. The number of ether oxygens (including phenoxy) is 1. The molecule has 12 heteroatoms. The summed E-state index contributed by atoms with van der Waals surface area (Å²) >= 11 is 1.39. The van der Waals surface area contributed by atoms with Crippen LogP contribution in [0.15, 0.2) is 64.6 Å².